The fraction of sp³-hybridized carbons (Fsp3) is 0.500. The van der Waals surface area contributed by atoms with Crippen molar-refractivity contribution in [1.29, 1.82) is 0 Å². The van der Waals surface area contributed by atoms with E-state index in [1.165, 1.54) is 5.56 Å². The molecule has 4 heteroatoms. The predicted octanol–water partition coefficient (Wildman–Crippen LogP) is 2.12. The Balaban J connectivity index is 2.09. The van der Waals surface area contributed by atoms with Gasteiger partial charge in [-0.25, -0.2) is 0 Å². The summed E-state index contributed by atoms with van der Waals surface area (Å²) in [7, 11) is 0. The summed E-state index contributed by atoms with van der Waals surface area (Å²) in [6.45, 7) is 3.16. The van der Waals surface area contributed by atoms with Crippen molar-refractivity contribution in [2.24, 2.45) is 10.9 Å². The molecule has 4 nitrogen and oxygen atoms in total. The van der Waals surface area contributed by atoms with Crippen molar-refractivity contribution in [1.82, 2.24) is 5.32 Å². The van der Waals surface area contributed by atoms with Gasteiger partial charge in [-0.05, 0) is 38.3 Å². The van der Waals surface area contributed by atoms with E-state index in [0.29, 0.717) is 18.3 Å². The van der Waals surface area contributed by atoms with Gasteiger partial charge in [-0.1, -0.05) is 35.5 Å². The number of nitrogens with one attached hydrogen (secondary N) is 1. The van der Waals surface area contributed by atoms with Gasteiger partial charge < -0.3 is 16.3 Å². The van der Waals surface area contributed by atoms with E-state index in [9.17, 15) is 0 Å². The number of amidine groups is 1. The fourth-order valence-corrected chi connectivity index (χ4v) is 1.87. The summed E-state index contributed by atoms with van der Waals surface area (Å²) >= 11 is 0. The van der Waals surface area contributed by atoms with Gasteiger partial charge in [0.25, 0.3) is 0 Å². The first-order chi connectivity index (χ1) is 8.72. The van der Waals surface area contributed by atoms with Crippen LogP contribution in [0.1, 0.15) is 31.7 Å². The molecule has 18 heavy (non-hydrogen) atoms. The van der Waals surface area contributed by atoms with Gasteiger partial charge in [0.05, 0.1) is 0 Å². The second kappa shape index (κ2) is 8.53. The Morgan fingerprint density at radius 2 is 2.06 bits per heavy atom. The van der Waals surface area contributed by atoms with Gasteiger partial charge in [-0.3, -0.25) is 0 Å². The lowest BCUT2D eigenvalue weighted by Gasteiger charge is -2.13. The van der Waals surface area contributed by atoms with Crippen LogP contribution in [-0.2, 0) is 6.42 Å². The van der Waals surface area contributed by atoms with Crippen molar-refractivity contribution in [3.8, 4) is 0 Å². The Hall–Kier alpha value is -1.55. The molecule has 100 valence electrons. The number of hydrogen-bond donors (Lipinski definition) is 3. The highest BCUT2D eigenvalue weighted by Gasteiger charge is 2.02. The molecule has 0 heterocycles. The van der Waals surface area contributed by atoms with E-state index in [4.69, 9.17) is 10.9 Å². The van der Waals surface area contributed by atoms with Crippen LogP contribution in [0.25, 0.3) is 0 Å². The summed E-state index contributed by atoms with van der Waals surface area (Å²) in [5, 5.41) is 14.8. The van der Waals surface area contributed by atoms with Crippen LogP contribution in [0.5, 0.6) is 0 Å². The average Bonchev–Trinajstić information content (AvgIpc) is 2.39. The molecule has 0 bridgehead atoms. The molecule has 0 saturated heterocycles. The van der Waals surface area contributed by atoms with Gasteiger partial charge in [-0.15, -0.1) is 0 Å². The number of nitrogens with two attached hydrogens (primary N) is 1. The largest absolute Gasteiger partial charge is 0.409 e. The topological polar surface area (TPSA) is 70.6 Å². The molecule has 0 spiro atoms. The molecule has 1 aromatic rings. The maximum Gasteiger partial charge on any atom is 0.139 e. The maximum atomic E-state index is 8.39. The molecule has 0 aliphatic heterocycles. The summed E-state index contributed by atoms with van der Waals surface area (Å²) in [6, 6.07) is 10.9. The first-order valence-electron chi connectivity index (χ1n) is 6.46. The molecule has 0 aromatic heterocycles. The van der Waals surface area contributed by atoms with Crippen LogP contribution in [0, 0.1) is 0 Å². The first kappa shape index (κ1) is 14.5. The van der Waals surface area contributed by atoms with Gasteiger partial charge in [-0.2, -0.15) is 0 Å². The van der Waals surface area contributed by atoms with Gasteiger partial charge in [0.2, 0.25) is 0 Å². The van der Waals surface area contributed by atoms with Gasteiger partial charge >= 0.3 is 0 Å². The number of hydrogen-bond acceptors (Lipinski definition) is 3. The molecule has 0 aliphatic rings. The Morgan fingerprint density at radius 3 is 2.72 bits per heavy atom. The van der Waals surface area contributed by atoms with Crippen LogP contribution >= 0.6 is 0 Å². The molecule has 4 N–H and O–H groups in total. The lowest BCUT2D eigenvalue weighted by atomic mass is 10.1. The molecule has 0 saturated carbocycles. The minimum absolute atomic E-state index is 0.312. The summed E-state index contributed by atoms with van der Waals surface area (Å²) in [5.41, 5.74) is 6.75. The standard InChI is InChI=1S/C14H23N3O/c1-12(11-13-7-3-2-4-8-13)16-10-6-5-9-14(15)17-18/h2-4,7-8,12,16,18H,5-6,9-11H2,1H3,(H2,15,17). The molecule has 0 radical (unpaired) electrons. The lowest BCUT2D eigenvalue weighted by Crippen LogP contribution is -2.29. The summed E-state index contributed by atoms with van der Waals surface area (Å²) in [6.07, 6.45) is 3.68. The highest BCUT2D eigenvalue weighted by Crippen LogP contribution is 2.03. The fourth-order valence-electron chi connectivity index (χ4n) is 1.87. The molecule has 0 fully saturated rings. The zero-order valence-corrected chi connectivity index (χ0v) is 11.0. The van der Waals surface area contributed by atoms with Crippen LogP contribution in [0.15, 0.2) is 35.5 Å². The van der Waals surface area contributed by atoms with Gasteiger partial charge in [0.15, 0.2) is 0 Å². The molecule has 0 amide bonds. The van der Waals surface area contributed by atoms with Gasteiger partial charge in [0.1, 0.15) is 5.84 Å². The quantitative estimate of drug-likeness (QED) is 0.217. The highest BCUT2D eigenvalue weighted by atomic mass is 16.4. The van der Waals surface area contributed by atoms with E-state index >= 15 is 0 Å². The highest BCUT2D eigenvalue weighted by molar-refractivity contribution is 5.79. The average molecular weight is 249 g/mol. The minimum atomic E-state index is 0.312. The van der Waals surface area contributed by atoms with E-state index in [-0.39, 0.29) is 0 Å². The molecule has 1 unspecified atom stereocenters. The van der Waals surface area contributed by atoms with Crippen molar-refractivity contribution in [3.63, 3.8) is 0 Å². The van der Waals surface area contributed by atoms with E-state index in [1.54, 1.807) is 0 Å². The van der Waals surface area contributed by atoms with Crippen molar-refractivity contribution in [2.45, 2.75) is 38.6 Å². The summed E-state index contributed by atoms with van der Waals surface area (Å²) in [4.78, 5) is 0. The number of oxime groups is 1. The zero-order valence-electron chi connectivity index (χ0n) is 11.0. The Kier molecular flexibility index (Phi) is 6.87. The lowest BCUT2D eigenvalue weighted by molar-refractivity contribution is 0.316. The molecule has 1 aromatic carbocycles. The van der Waals surface area contributed by atoms with Crippen molar-refractivity contribution < 1.29 is 5.21 Å². The van der Waals surface area contributed by atoms with Crippen LogP contribution in [0.4, 0.5) is 0 Å². The first-order valence-corrected chi connectivity index (χ1v) is 6.46. The third kappa shape index (κ3) is 6.25. The van der Waals surface area contributed by atoms with E-state index < -0.39 is 0 Å². The molecule has 1 atom stereocenters. The van der Waals surface area contributed by atoms with Crippen LogP contribution in [0.2, 0.25) is 0 Å². The van der Waals surface area contributed by atoms with Gasteiger partial charge in [0, 0.05) is 12.5 Å². The minimum Gasteiger partial charge on any atom is -0.409 e. The second-order valence-electron chi connectivity index (χ2n) is 4.59. The summed E-state index contributed by atoms with van der Waals surface area (Å²) < 4.78 is 0. The second-order valence-corrected chi connectivity index (χ2v) is 4.59. The molecular formula is C14H23N3O. The Morgan fingerprint density at radius 1 is 1.33 bits per heavy atom. The molecule has 0 aliphatic carbocycles. The third-order valence-corrected chi connectivity index (χ3v) is 2.87. The van der Waals surface area contributed by atoms with E-state index in [2.05, 4.69) is 41.7 Å². The summed E-state index contributed by atoms with van der Waals surface area (Å²) in [5.74, 6) is 0.312. The smallest absolute Gasteiger partial charge is 0.139 e. The van der Waals surface area contributed by atoms with E-state index in [0.717, 1.165) is 25.8 Å². The van der Waals surface area contributed by atoms with Crippen molar-refractivity contribution >= 4 is 5.84 Å². The number of unbranched alkanes of at least 4 members (excludes halogenated alkanes) is 1. The normalized spacial score (nSPS) is 13.5. The Bertz CT molecular complexity index is 351. The monoisotopic (exact) mass is 249 g/mol. The number of benzene rings is 1. The number of rotatable bonds is 8. The SMILES string of the molecule is CC(Cc1ccccc1)NCCCCC(N)=NO. The molecule has 1 rings (SSSR count). The maximum absolute atomic E-state index is 8.39. The van der Waals surface area contributed by atoms with Crippen LogP contribution < -0.4 is 11.1 Å². The molecular weight excluding hydrogens is 226 g/mol. The number of nitrogens with zero attached hydrogens (tertiary/aromatic N) is 1. The van der Waals surface area contributed by atoms with Crippen LogP contribution in [0.3, 0.4) is 0 Å². The van der Waals surface area contributed by atoms with E-state index in [1.807, 2.05) is 6.07 Å². The van der Waals surface area contributed by atoms with Crippen molar-refractivity contribution in [3.05, 3.63) is 35.9 Å². The third-order valence-electron chi connectivity index (χ3n) is 2.87. The Labute approximate surface area is 109 Å². The predicted molar refractivity (Wildman–Crippen MR) is 74.9 cm³/mol. The van der Waals surface area contributed by atoms with Crippen molar-refractivity contribution in [2.75, 3.05) is 6.54 Å². The zero-order chi connectivity index (χ0) is 13.2. The van der Waals surface area contributed by atoms with Crippen LogP contribution in [-0.4, -0.2) is 23.6 Å².